The number of nitrogens with zero attached hydrogens (tertiary/aromatic N) is 2. The van der Waals surface area contributed by atoms with Gasteiger partial charge in [-0.1, -0.05) is 48.0 Å². The quantitative estimate of drug-likeness (QED) is 0.600. The number of anilines is 1. The zero-order valence-electron chi connectivity index (χ0n) is 14.4. The van der Waals surface area contributed by atoms with Crippen LogP contribution in [-0.2, 0) is 20.9 Å². The fraction of sp³-hybridized carbons (Fsp3) is 0.250. The standard InChI is InChI=1S/C20H19ClN2O3/c1-14-7-9-16(10-8-14)23-18(24)11-17(20(23)26)22(19(25)12-21)13-15-5-3-2-4-6-15/h2-10,17H,11-13H2,1H3/t17-/m1/s1. The molecule has 1 atom stereocenters. The molecule has 5 nitrogen and oxygen atoms in total. The first kappa shape index (κ1) is 18.1. The van der Waals surface area contributed by atoms with Gasteiger partial charge in [-0.25, -0.2) is 4.90 Å². The summed E-state index contributed by atoms with van der Waals surface area (Å²) in [5, 5.41) is 0. The number of hydrogen-bond donors (Lipinski definition) is 0. The van der Waals surface area contributed by atoms with E-state index in [1.807, 2.05) is 49.4 Å². The molecular formula is C20H19ClN2O3. The van der Waals surface area contributed by atoms with Crippen LogP contribution in [0.2, 0.25) is 0 Å². The number of rotatable bonds is 5. The highest BCUT2D eigenvalue weighted by Crippen LogP contribution is 2.27. The second-order valence-corrected chi connectivity index (χ2v) is 6.53. The summed E-state index contributed by atoms with van der Waals surface area (Å²) in [4.78, 5) is 40.3. The number of benzene rings is 2. The Hall–Kier alpha value is -2.66. The van der Waals surface area contributed by atoms with Gasteiger partial charge in [0.05, 0.1) is 12.1 Å². The van der Waals surface area contributed by atoms with E-state index in [0.29, 0.717) is 5.69 Å². The van der Waals surface area contributed by atoms with E-state index in [1.165, 1.54) is 4.90 Å². The largest absolute Gasteiger partial charge is 0.325 e. The zero-order chi connectivity index (χ0) is 18.7. The molecule has 2 aromatic rings. The van der Waals surface area contributed by atoms with E-state index < -0.39 is 11.9 Å². The molecule has 0 radical (unpaired) electrons. The molecule has 134 valence electrons. The van der Waals surface area contributed by atoms with Crippen LogP contribution in [-0.4, -0.2) is 34.5 Å². The van der Waals surface area contributed by atoms with Crippen LogP contribution >= 0.6 is 11.6 Å². The number of amides is 3. The summed E-state index contributed by atoms with van der Waals surface area (Å²) in [6.45, 7) is 2.17. The minimum Gasteiger partial charge on any atom is -0.325 e. The van der Waals surface area contributed by atoms with E-state index >= 15 is 0 Å². The average molecular weight is 371 g/mol. The lowest BCUT2D eigenvalue weighted by Crippen LogP contribution is -2.45. The topological polar surface area (TPSA) is 57.7 Å². The first-order chi connectivity index (χ1) is 12.5. The highest BCUT2D eigenvalue weighted by Gasteiger charge is 2.44. The van der Waals surface area contributed by atoms with Crippen LogP contribution in [0.25, 0.3) is 0 Å². The molecule has 1 saturated heterocycles. The van der Waals surface area contributed by atoms with Gasteiger partial charge in [0, 0.05) is 6.54 Å². The number of imide groups is 1. The monoisotopic (exact) mass is 370 g/mol. The molecule has 0 aliphatic carbocycles. The lowest BCUT2D eigenvalue weighted by atomic mass is 10.1. The number of aryl methyl sites for hydroxylation is 1. The summed E-state index contributed by atoms with van der Waals surface area (Å²) in [6, 6.07) is 15.6. The first-order valence-corrected chi connectivity index (χ1v) is 8.87. The number of halogens is 1. The Morgan fingerprint density at radius 2 is 1.77 bits per heavy atom. The van der Waals surface area contributed by atoms with E-state index in [1.54, 1.807) is 12.1 Å². The normalized spacial score (nSPS) is 16.8. The smallest absolute Gasteiger partial charge is 0.257 e. The van der Waals surface area contributed by atoms with Gasteiger partial charge in [0.1, 0.15) is 11.9 Å². The van der Waals surface area contributed by atoms with Gasteiger partial charge in [-0.05, 0) is 24.6 Å². The molecule has 1 heterocycles. The molecule has 1 aliphatic heterocycles. The molecule has 1 aliphatic rings. The third-order valence-corrected chi connectivity index (χ3v) is 4.65. The summed E-state index contributed by atoms with van der Waals surface area (Å²) in [5.41, 5.74) is 2.43. The third kappa shape index (κ3) is 3.63. The van der Waals surface area contributed by atoms with Crippen LogP contribution in [0.5, 0.6) is 0 Å². The Kier molecular flexibility index (Phi) is 5.38. The van der Waals surface area contributed by atoms with Crippen molar-refractivity contribution < 1.29 is 14.4 Å². The van der Waals surface area contributed by atoms with E-state index in [9.17, 15) is 14.4 Å². The van der Waals surface area contributed by atoms with Gasteiger partial charge in [0.2, 0.25) is 11.8 Å². The van der Waals surface area contributed by atoms with Gasteiger partial charge in [-0.15, -0.1) is 11.6 Å². The van der Waals surface area contributed by atoms with Crippen LogP contribution in [0.3, 0.4) is 0 Å². The molecule has 3 amide bonds. The lowest BCUT2D eigenvalue weighted by Gasteiger charge is -2.27. The van der Waals surface area contributed by atoms with E-state index in [0.717, 1.165) is 16.0 Å². The fourth-order valence-electron chi connectivity index (χ4n) is 3.05. The van der Waals surface area contributed by atoms with Crippen LogP contribution in [0.15, 0.2) is 54.6 Å². The van der Waals surface area contributed by atoms with Crippen molar-refractivity contribution in [2.24, 2.45) is 0 Å². The van der Waals surface area contributed by atoms with E-state index in [-0.39, 0.29) is 30.7 Å². The molecule has 0 bridgehead atoms. The second-order valence-electron chi connectivity index (χ2n) is 6.26. The van der Waals surface area contributed by atoms with Crippen molar-refractivity contribution in [2.75, 3.05) is 10.8 Å². The van der Waals surface area contributed by atoms with Crippen molar-refractivity contribution in [3.05, 3.63) is 65.7 Å². The maximum Gasteiger partial charge on any atom is 0.257 e. The van der Waals surface area contributed by atoms with Gasteiger partial charge in [-0.3, -0.25) is 14.4 Å². The Morgan fingerprint density at radius 3 is 2.38 bits per heavy atom. The minimum atomic E-state index is -0.838. The third-order valence-electron chi connectivity index (χ3n) is 4.42. The molecule has 1 fully saturated rings. The molecule has 0 spiro atoms. The van der Waals surface area contributed by atoms with E-state index in [2.05, 4.69) is 0 Å². The average Bonchev–Trinajstić information content (AvgIpc) is 2.95. The summed E-state index contributed by atoms with van der Waals surface area (Å²) in [6.07, 6.45) is -0.0395. The maximum atomic E-state index is 12.9. The van der Waals surface area contributed by atoms with Crippen molar-refractivity contribution in [1.82, 2.24) is 4.90 Å². The number of hydrogen-bond acceptors (Lipinski definition) is 3. The molecule has 26 heavy (non-hydrogen) atoms. The van der Waals surface area contributed by atoms with Gasteiger partial charge in [-0.2, -0.15) is 0 Å². The molecule has 3 rings (SSSR count). The van der Waals surface area contributed by atoms with Crippen molar-refractivity contribution in [3.63, 3.8) is 0 Å². The summed E-state index contributed by atoms with van der Waals surface area (Å²) >= 11 is 5.75. The van der Waals surface area contributed by atoms with Crippen molar-refractivity contribution >= 4 is 35.0 Å². The van der Waals surface area contributed by atoms with Crippen LogP contribution < -0.4 is 4.90 Å². The molecule has 6 heteroatoms. The predicted molar refractivity (Wildman–Crippen MR) is 99.8 cm³/mol. The van der Waals surface area contributed by atoms with Crippen molar-refractivity contribution in [3.8, 4) is 0 Å². The Bertz CT molecular complexity index is 821. The SMILES string of the molecule is Cc1ccc(N2C(=O)C[C@@H](N(Cc3ccccc3)C(=O)CCl)C2=O)cc1. The molecule has 0 unspecified atom stereocenters. The number of alkyl halides is 1. The number of carbonyl (C=O) groups is 3. The zero-order valence-corrected chi connectivity index (χ0v) is 15.1. The highest BCUT2D eigenvalue weighted by atomic mass is 35.5. The molecular weight excluding hydrogens is 352 g/mol. The molecule has 0 aromatic heterocycles. The first-order valence-electron chi connectivity index (χ1n) is 8.34. The molecule has 2 aromatic carbocycles. The van der Waals surface area contributed by atoms with Crippen LogP contribution in [0, 0.1) is 6.92 Å². The predicted octanol–water partition coefficient (Wildman–Crippen LogP) is 2.89. The summed E-state index contributed by atoms with van der Waals surface area (Å²) < 4.78 is 0. The Labute approximate surface area is 157 Å². The van der Waals surface area contributed by atoms with Gasteiger partial charge >= 0.3 is 0 Å². The summed E-state index contributed by atoms with van der Waals surface area (Å²) in [5.74, 6) is -1.32. The summed E-state index contributed by atoms with van der Waals surface area (Å²) in [7, 11) is 0. The molecule has 0 saturated carbocycles. The minimum absolute atomic E-state index is 0.0395. The lowest BCUT2D eigenvalue weighted by molar-refractivity contribution is -0.136. The maximum absolute atomic E-state index is 12.9. The van der Waals surface area contributed by atoms with Crippen molar-refractivity contribution in [1.29, 1.82) is 0 Å². The van der Waals surface area contributed by atoms with Gasteiger partial charge in [0.15, 0.2) is 0 Å². The van der Waals surface area contributed by atoms with Crippen molar-refractivity contribution in [2.45, 2.75) is 25.9 Å². The fourth-order valence-corrected chi connectivity index (χ4v) is 3.21. The number of carbonyl (C=O) groups excluding carboxylic acids is 3. The Morgan fingerprint density at radius 1 is 1.12 bits per heavy atom. The Balaban J connectivity index is 1.87. The van der Waals surface area contributed by atoms with Crippen LogP contribution in [0.1, 0.15) is 17.5 Å². The molecule has 0 N–H and O–H groups in total. The van der Waals surface area contributed by atoms with Gasteiger partial charge < -0.3 is 4.90 Å². The highest BCUT2D eigenvalue weighted by molar-refractivity contribution is 6.28. The van der Waals surface area contributed by atoms with Gasteiger partial charge in [0.25, 0.3) is 5.91 Å². The van der Waals surface area contributed by atoms with Crippen LogP contribution in [0.4, 0.5) is 5.69 Å². The van der Waals surface area contributed by atoms with E-state index in [4.69, 9.17) is 11.6 Å². The second kappa shape index (κ2) is 7.70.